The van der Waals surface area contributed by atoms with E-state index in [0.717, 1.165) is 0 Å². The first-order valence-corrected chi connectivity index (χ1v) is 3.52. The minimum absolute atomic E-state index is 0.0809. The van der Waals surface area contributed by atoms with Crippen LogP contribution < -0.4 is 10.6 Å². The molecular formula is C6H13N3O3. The molecule has 0 aliphatic carbocycles. The molecule has 0 spiro atoms. The van der Waals surface area contributed by atoms with Crippen molar-refractivity contribution in [3.63, 3.8) is 0 Å². The summed E-state index contributed by atoms with van der Waals surface area (Å²) in [5, 5.41) is 24.8. The zero-order chi connectivity index (χ0) is 9.40. The number of carboxylic acid groups (broad SMARTS) is 1. The van der Waals surface area contributed by atoms with Crippen molar-refractivity contribution in [2.45, 2.75) is 6.42 Å². The van der Waals surface area contributed by atoms with E-state index in [0.29, 0.717) is 18.8 Å². The molecule has 0 saturated heterocycles. The minimum Gasteiger partial charge on any atom is -0.480 e. The van der Waals surface area contributed by atoms with E-state index in [9.17, 15) is 4.79 Å². The fourth-order valence-electron chi connectivity index (χ4n) is 0.627. The topological polar surface area (TPSA) is 94.0 Å². The molecule has 0 bridgehead atoms. The average Bonchev–Trinajstić information content (AvgIpc) is 2.04. The maximum atomic E-state index is 10.0. The van der Waals surface area contributed by atoms with Gasteiger partial charge in [0.15, 0.2) is 0 Å². The first-order chi connectivity index (χ1) is 5.70. The van der Waals surface area contributed by atoms with Gasteiger partial charge in [-0.1, -0.05) is 5.16 Å². The van der Waals surface area contributed by atoms with Gasteiger partial charge in [-0.15, -0.1) is 0 Å². The number of amidine groups is 1. The summed E-state index contributed by atoms with van der Waals surface area (Å²) in [6, 6.07) is 0. The number of hydrogen-bond donors (Lipinski definition) is 4. The van der Waals surface area contributed by atoms with Gasteiger partial charge < -0.3 is 20.9 Å². The van der Waals surface area contributed by atoms with Crippen molar-refractivity contribution in [3.8, 4) is 0 Å². The van der Waals surface area contributed by atoms with Crippen LogP contribution in [0.25, 0.3) is 0 Å². The van der Waals surface area contributed by atoms with Gasteiger partial charge in [-0.05, 0) is 0 Å². The van der Waals surface area contributed by atoms with Crippen LogP contribution in [0.2, 0.25) is 0 Å². The Hall–Kier alpha value is -1.30. The molecule has 0 amide bonds. The number of rotatable bonds is 5. The second-order valence-corrected chi connectivity index (χ2v) is 2.12. The lowest BCUT2D eigenvalue weighted by Gasteiger charge is -2.02. The van der Waals surface area contributed by atoms with Crippen molar-refractivity contribution < 1.29 is 15.1 Å². The van der Waals surface area contributed by atoms with E-state index in [1.165, 1.54) is 0 Å². The number of nitrogens with one attached hydrogen (secondary N) is 2. The van der Waals surface area contributed by atoms with Crippen LogP contribution in [0.4, 0.5) is 0 Å². The van der Waals surface area contributed by atoms with Gasteiger partial charge in [0.1, 0.15) is 5.84 Å². The highest BCUT2D eigenvalue weighted by Gasteiger charge is 1.97. The fraction of sp³-hybridized carbons (Fsp3) is 0.667. The smallest absolute Gasteiger partial charge is 0.317 e. The van der Waals surface area contributed by atoms with Gasteiger partial charge in [-0.25, -0.2) is 0 Å². The maximum absolute atomic E-state index is 10.0. The Labute approximate surface area is 70.3 Å². The van der Waals surface area contributed by atoms with Crippen LogP contribution in [0, 0.1) is 0 Å². The SMILES string of the molecule is CN/C(CCNCC(=O)O)=N\O. The van der Waals surface area contributed by atoms with Crippen molar-refractivity contribution in [1.29, 1.82) is 0 Å². The quantitative estimate of drug-likeness (QED) is 0.142. The van der Waals surface area contributed by atoms with Crippen LogP contribution in [-0.2, 0) is 4.79 Å². The van der Waals surface area contributed by atoms with Gasteiger partial charge in [0.25, 0.3) is 0 Å². The highest BCUT2D eigenvalue weighted by Crippen LogP contribution is 1.78. The van der Waals surface area contributed by atoms with Gasteiger partial charge in [-0.2, -0.15) is 0 Å². The number of hydrogen-bond acceptors (Lipinski definition) is 4. The van der Waals surface area contributed by atoms with E-state index in [1.54, 1.807) is 7.05 Å². The van der Waals surface area contributed by atoms with Crippen LogP contribution >= 0.6 is 0 Å². The monoisotopic (exact) mass is 175 g/mol. The predicted octanol–water partition coefficient (Wildman–Crippen LogP) is -0.942. The molecule has 4 N–H and O–H groups in total. The molecule has 0 atom stereocenters. The Morgan fingerprint density at radius 1 is 1.58 bits per heavy atom. The Balaban J connectivity index is 3.36. The van der Waals surface area contributed by atoms with Crippen LogP contribution in [-0.4, -0.2) is 42.3 Å². The largest absolute Gasteiger partial charge is 0.480 e. The lowest BCUT2D eigenvalue weighted by Crippen LogP contribution is -2.28. The number of aliphatic carboxylic acids is 1. The summed E-state index contributed by atoms with van der Waals surface area (Å²) < 4.78 is 0. The van der Waals surface area contributed by atoms with E-state index in [-0.39, 0.29) is 6.54 Å². The zero-order valence-electron chi connectivity index (χ0n) is 6.87. The molecule has 0 rings (SSSR count). The molecule has 0 unspecified atom stereocenters. The van der Waals surface area contributed by atoms with Gasteiger partial charge in [-0.3, -0.25) is 4.79 Å². The zero-order valence-corrected chi connectivity index (χ0v) is 6.87. The lowest BCUT2D eigenvalue weighted by molar-refractivity contribution is -0.135. The standard InChI is InChI=1S/C6H13N3O3/c1-7-5(9-12)2-3-8-4-6(10)11/h8,12H,2-4H2,1H3,(H,7,9)(H,10,11). The van der Waals surface area contributed by atoms with E-state index in [4.69, 9.17) is 10.3 Å². The fourth-order valence-corrected chi connectivity index (χ4v) is 0.627. The molecule has 0 heterocycles. The highest BCUT2D eigenvalue weighted by atomic mass is 16.4. The molecule has 0 saturated carbocycles. The lowest BCUT2D eigenvalue weighted by atomic mass is 10.4. The second-order valence-electron chi connectivity index (χ2n) is 2.12. The highest BCUT2D eigenvalue weighted by molar-refractivity contribution is 5.81. The number of nitrogens with zero attached hydrogens (tertiary/aromatic N) is 1. The first-order valence-electron chi connectivity index (χ1n) is 3.52. The Morgan fingerprint density at radius 3 is 2.67 bits per heavy atom. The number of oxime groups is 1. The van der Waals surface area contributed by atoms with E-state index >= 15 is 0 Å². The summed E-state index contributed by atoms with van der Waals surface area (Å²) in [5.41, 5.74) is 0. The number of carboxylic acids is 1. The molecule has 0 aromatic carbocycles. The second kappa shape index (κ2) is 6.41. The Morgan fingerprint density at radius 2 is 2.25 bits per heavy atom. The summed E-state index contributed by atoms with van der Waals surface area (Å²) >= 11 is 0. The third kappa shape index (κ3) is 5.48. The average molecular weight is 175 g/mol. The van der Waals surface area contributed by atoms with Crippen molar-refractivity contribution in [2.24, 2.45) is 5.16 Å². The minimum atomic E-state index is -0.901. The molecule has 0 aliphatic heterocycles. The van der Waals surface area contributed by atoms with Crippen LogP contribution in [0.5, 0.6) is 0 Å². The molecule has 0 aromatic heterocycles. The Kier molecular flexibility index (Phi) is 5.72. The first kappa shape index (κ1) is 10.7. The Bertz CT molecular complexity index is 169. The van der Waals surface area contributed by atoms with E-state index in [2.05, 4.69) is 15.8 Å². The van der Waals surface area contributed by atoms with E-state index < -0.39 is 5.97 Å². The van der Waals surface area contributed by atoms with Crippen molar-refractivity contribution in [3.05, 3.63) is 0 Å². The summed E-state index contributed by atoms with van der Waals surface area (Å²) in [7, 11) is 1.63. The molecule has 70 valence electrons. The van der Waals surface area contributed by atoms with Gasteiger partial charge in [0.05, 0.1) is 6.54 Å². The predicted molar refractivity (Wildman–Crippen MR) is 43.4 cm³/mol. The van der Waals surface area contributed by atoms with Crippen LogP contribution in [0.3, 0.4) is 0 Å². The van der Waals surface area contributed by atoms with Crippen molar-refractivity contribution in [1.82, 2.24) is 10.6 Å². The molecule has 0 aliphatic rings. The van der Waals surface area contributed by atoms with Gasteiger partial charge in [0, 0.05) is 20.0 Å². The molecule has 6 nitrogen and oxygen atoms in total. The summed E-state index contributed by atoms with van der Waals surface area (Å²) in [6.45, 7) is 0.384. The molecule has 0 aromatic rings. The molecule has 0 radical (unpaired) electrons. The molecular weight excluding hydrogens is 162 g/mol. The summed E-state index contributed by atoms with van der Waals surface area (Å²) in [6.07, 6.45) is 0.473. The van der Waals surface area contributed by atoms with Crippen LogP contribution in [0.1, 0.15) is 6.42 Å². The third-order valence-electron chi connectivity index (χ3n) is 1.22. The molecule has 12 heavy (non-hydrogen) atoms. The molecule has 0 fully saturated rings. The molecule has 6 heteroatoms. The summed E-state index contributed by atoms with van der Waals surface area (Å²) in [4.78, 5) is 10.0. The summed E-state index contributed by atoms with van der Waals surface area (Å²) in [5.74, 6) is -0.477. The van der Waals surface area contributed by atoms with Crippen molar-refractivity contribution in [2.75, 3.05) is 20.1 Å². The number of carbonyl (C=O) groups is 1. The third-order valence-corrected chi connectivity index (χ3v) is 1.22. The normalized spacial score (nSPS) is 11.2. The van der Waals surface area contributed by atoms with Crippen LogP contribution in [0.15, 0.2) is 5.16 Å². The van der Waals surface area contributed by atoms with E-state index in [1.807, 2.05) is 0 Å². The van der Waals surface area contributed by atoms with Gasteiger partial charge in [0.2, 0.25) is 0 Å². The maximum Gasteiger partial charge on any atom is 0.317 e. The van der Waals surface area contributed by atoms with Crippen molar-refractivity contribution >= 4 is 11.8 Å². The van der Waals surface area contributed by atoms with Gasteiger partial charge >= 0.3 is 5.97 Å².